The number of hydrogen-bond donors (Lipinski definition) is 1. The van der Waals surface area contributed by atoms with Crippen molar-refractivity contribution in [1.82, 2.24) is 0 Å². The summed E-state index contributed by atoms with van der Waals surface area (Å²) in [5.41, 5.74) is 0. The SMILES string of the molecule is CCO[Si](OCC)(OCC)OCC(=O)O. The van der Waals surface area contributed by atoms with Gasteiger partial charge in [-0.05, 0) is 20.8 Å². The van der Waals surface area contributed by atoms with Crippen molar-refractivity contribution in [2.75, 3.05) is 26.4 Å². The summed E-state index contributed by atoms with van der Waals surface area (Å²) in [5, 5.41) is 8.51. The largest absolute Gasteiger partial charge is 0.680 e. The number of aliphatic carboxylic acids is 1. The van der Waals surface area contributed by atoms with Crippen LogP contribution in [0.1, 0.15) is 20.8 Å². The zero-order valence-electron chi connectivity index (χ0n) is 9.32. The van der Waals surface area contributed by atoms with Crippen molar-refractivity contribution >= 4 is 15.0 Å². The van der Waals surface area contributed by atoms with Crippen LogP contribution in [-0.2, 0) is 22.5 Å². The lowest BCUT2D eigenvalue weighted by Crippen LogP contribution is -2.50. The lowest BCUT2D eigenvalue weighted by Gasteiger charge is -2.25. The Balaban J connectivity index is 4.37. The van der Waals surface area contributed by atoms with Crippen LogP contribution in [-0.4, -0.2) is 46.6 Å². The zero-order chi connectivity index (χ0) is 11.7. The van der Waals surface area contributed by atoms with Gasteiger partial charge in [0.25, 0.3) is 0 Å². The molecule has 7 heteroatoms. The average molecular weight is 238 g/mol. The van der Waals surface area contributed by atoms with Crippen LogP contribution in [0.5, 0.6) is 0 Å². The van der Waals surface area contributed by atoms with E-state index in [1.165, 1.54) is 0 Å². The van der Waals surface area contributed by atoms with Crippen LogP contribution in [0.3, 0.4) is 0 Å². The molecule has 1 N–H and O–H groups in total. The molecule has 0 amide bonds. The second-order valence-electron chi connectivity index (χ2n) is 2.48. The van der Waals surface area contributed by atoms with E-state index in [0.717, 1.165) is 0 Å². The second kappa shape index (κ2) is 7.77. The van der Waals surface area contributed by atoms with Crippen molar-refractivity contribution in [2.45, 2.75) is 20.8 Å². The molecule has 0 aliphatic heterocycles. The Hall–Kier alpha value is -0.473. The van der Waals surface area contributed by atoms with Gasteiger partial charge in [0.1, 0.15) is 6.61 Å². The Morgan fingerprint density at radius 1 is 1.00 bits per heavy atom. The molecular formula is C8H18O6Si. The van der Waals surface area contributed by atoms with Crippen LogP contribution in [0.15, 0.2) is 0 Å². The Bertz CT molecular complexity index is 169. The van der Waals surface area contributed by atoms with Crippen LogP contribution < -0.4 is 0 Å². The van der Waals surface area contributed by atoms with Crippen molar-refractivity contribution in [3.63, 3.8) is 0 Å². The van der Waals surface area contributed by atoms with Crippen molar-refractivity contribution in [2.24, 2.45) is 0 Å². The predicted molar refractivity (Wildman–Crippen MR) is 54.2 cm³/mol. The quantitative estimate of drug-likeness (QED) is 0.594. The molecule has 0 saturated heterocycles. The third-order valence-electron chi connectivity index (χ3n) is 1.34. The van der Waals surface area contributed by atoms with Gasteiger partial charge in [0.05, 0.1) is 0 Å². The van der Waals surface area contributed by atoms with Crippen molar-refractivity contribution < 1.29 is 27.6 Å². The molecule has 0 aliphatic rings. The first-order chi connectivity index (χ1) is 7.10. The summed E-state index contributed by atoms with van der Waals surface area (Å²) in [4.78, 5) is 10.4. The van der Waals surface area contributed by atoms with E-state index in [2.05, 4.69) is 0 Å². The summed E-state index contributed by atoms with van der Waals surface area (Å²) in [6, 6.07) is 0. The first kappa shape index (κ1) is 14.5. The van der Waals surface area contributed by atoms with Crippen LogP contribution in [0.2, 0.25) is 0 Å². The van der Waals surface area contributed by atoms with Gasteiger partial charge in [-0.25, -0.2) is 4.79 Å². The van der Waals surface area contributed by atoms with Gasteiger partial charge in [0.2, 0.25) is 0 Å². The molecule has 0 aliphatic carbocycles. The fourth-order valence-corrected chi connectivity index (χ4v) is 2.79. The van der Waals surface area contributed by atoms with Gasteiger partial charge in [-0.15, -0.1) is 0 Å². The van der Waals surface area contributed by atoms with Crippen molar-refractivity contribution in [3.8, 4) is 0 Å². The fraction of sp³-hybridized carbons (Fsp3) is 0.875. The lowest BCUT2D eigenvalue weighted by atomic mass is 10.8. The molecule has 0 bridgehead atoms. The predicted octanol–water partition coefficient (Wildman–Crippen LogP) is 0.633. The fourth-order valence-electron chi connectivity index (χ4n) is 0.930. The molecule has 6 nitrogen and oxygen atoms in total. The van der Waals surface area contributed by atoms with Crippen LogP contribution >= 0.6 is 0 Å². The van der Waals surface area contributed by atoms with E-state index >= 15 is 0 Å². The number of carboxylic acid groups (broad SMARTS) is 1. The van der Waals surface area contributed by atoms with Gasteiger partial charge in [-0.3, -0.25) is 0 Å². The van der Waals surface area contributed by atoms with Crippen LogP contribution in [0.4, 0.5) is 0 Å². The summed E-state index contributed by atoms with van der Waals surface area (Å²) in [6.07, 6.45) is 0. The average Bonchev–Trinajstić information content (AvgIpc) is 2.16. The molecule has 0 aromatic rings. The Kier molecular flexibility index (Phi) is 7.53. The molecule has 0 aromatic heterocycles. The lowest BCUT2D eigenvalue weighted by molar-refractivity contribution is -0.143. The molecule has 0 atom stereocenters. The minimum absolute atomic E-state index is 0.353. The minimum atomic E-state index is -3.24. The molecule has 0 aromatic carbocycles. The van der Waals surface area contributed by atoms with E-state index in [9.17, 15) is 4.79 Å². The maximum Gasteiger partial charge on any atom is 0.680 e. The molecule has 0 radical (unpaired) electrons. The normalized spacial score (nSPS) is 11.7. The zero-order valence-corrected chi connectivity index (χ0v) is 10.3. The summed E-state index contributed by atoms with van der Waals surface area (Å²) < 4.78 is 20.9. The van der Waals surface area contributed by atoms with Crippen molar-refractivity contribution in [1.29, 1.82) is 0 Å². The van der Waals surface area contributed by atoms with Gasteiger partial charge in [-0.1, -0.05) is 0 Å². The molecule has 0 spiro atoms. The monoisotopic (exact) mass is 238 g/mol. The molecule has 0 heterocycles. The Morgan fingerprint density at radius 3 is 1.67 bits per heavy atom. The van der Waals surface area contributed by atoms with Gasteiger partial charge in [0.15, 0.2) is 0 Å². The van der Waals surface area contributed by atoms with E-state index in [-0.39, 0.29) is 0 Å². The van der Waals surface area contributed by atoms with E-state index in [4.69, 9.17) is 22.8 Å². The number of carbonyl (C=O) groups is 1. The minimum Gasteiger partial charge on any atom is -0.480 e. The molecule has 0 saturated carbocycles. The molecule has 0 unspecified atom stereocenters. The van der Waals surface area contributed by atoms with Crippen LogP contribution in [0.25, 0.3) is 0 Å². The maximum atomic E-state index is 10.4. The van der Waals surface area contributed by atoms with Crippen molar-refractivity contribution in [3.05, 3.63) is 0 Å². The topological polar surface area (TPSA) is 74.2 Å². The Labute approximate surface area is 90.6 Å². The highest BCUT2D eigenvalue weighted by atomic mass is 28.4. The second-order valence-corrected chi connectivity index (χ2v) is 4.64. The summed E-state index contributed by atoms with van der Waals surface area (Å²) in [6.45, 7) is 5.88. The Morgan fingerprint density at radius 2 is 1.40 bits per heavy atom. The number of rotatable bonds is 9. The molecule has 90 valence electrons. The highest BCUT2D eigenvalue weighted by molar-refractivity contribution is 6.53. The molecule has 0 fully saturated rings. The molecular weight excluding hydrogens is 220 g/mol. The summed E-state index contributed by atoms with van der Waals surface area (Å²) in [7, 11) is -3.24. The van der Waals surface area contributed by atoms with E-state index in [1.807, 2.05) is 0 Å². The first-order valence-electron chi connectivity index (χ1n) is 4.87. The highest BCUT2D eigenvalue weighted by Gasteiger charge is 2.45. The third kappa shape index (κ3) is 5.85. The standard InChI is InChI=1S/C8H18O6Si/c1-4-11-15(12-5-2,13-6-3)14-7-8(9)10/h4-7H2,1-3H3,(H,9,10). The third-order valence-corrected chi connectivity index (χ3v) is 3.76. The number of hydrogen-bond acceptors (Lipinski definition) is 5. The maximum absolute atomic E-state index is 10.4. The van der Waals surface area contributed by atoms with Gasteiger partial charge in [-0.2, -0.15) is 0 Å². The van der Waals surface area contributed by atoms with E-state index in [1.54, 1.807) is 20.8 Å². The van der Waals surface area contributed by atoms with E-state index in [0.29, 0.717) is 19.8 Å². The molecule has 15 heavy (non-hydrogen) atoms. The summed E-state index contributed by atoms with van der Waals surface area (Å²) >= 11 is 0. The highest BCUT2D eigenvalue weighted by Crippen LogP contribution is 2.11. The molecule has 0 rings (SSSR count). The van der Waals surface area contributed by atoms with Gasteiger partial charge < -0.3 is 22.8 Å². The first-order valence-corrected chi connectivity index (χ1v) is 6.51. The summed E-state index contributed by atoms with van der Waals surface area (Å²) in [5.74, 6) is -1.08. The smallest absolute Gasteiger partial charge is 0.480 e. The van der Waals surface area contributed by atoms with Gasteiger partial charge >= 0.3 is 15.0 Å². The van der Waals surface area contributed by atoms with Crippen LogP contribution in [0, 0.1) is 0 Å². The van der Waals surface area contributed by atoms with Gasteiger partial charge in [0, 0.05) is 19.8 Å². The number of carboxylic acids is 1. The van der Waals surface area contributed by atoms with E-state index < -0.39 is 21.6 Å².